The number of carbonyl (C=O) groups is 1. The normalized spacial score (nSPS) is 6.67. The molecule has 0 saturated heterocycles. The average Bonchev–Trinajstić information content (AvgIpc) is 1.90. The van der Waals surface area contributed by atoms with E-state index in [1.165, 1.54) is 6.07 Å². The lowest BCUT2D eigenvalue weighted by Gasteiger charge is -1.82. The van der Waals surface area contributed by atoms with Crippen LogP contribution >= 0.6 is 0 Å². The topological polar surface area (TPSA) is 86.5 Å². The Balaban J connectivity index is 4.39. The molecule has 5 nitrogen and oxygen atoms in total. The molecule has 0 heterocycles. The van der Waals surface area contributed by atoms with E-state index in [0.29, 0.717) is 0 Å². The van der Waals surface area contributed by atoms with Gasteiger partial charge in [0, 0.05) is 0 Å². The number of hydrogen-bond acceptors (Lipinski definition) is 3. The molecule has 5 heteroatoms. The smallest absolute Gasteiger partial charge is 0.460 e. The van der Waals surface area contributed by atoms with Gasteiger partial charge >= 0.3 is 11.7 Å². The van der Waals surface area contributed by atoms with Crippen LogP contribution in [0.2, 0.25) is 0 Å². The molecule has 0 radical (unpaired) electrons. The molecule has 0 aliphatic heterocycles. The zero-order chi connectivity index (χ0) is 7.28. The van der Waals surface area contributed by atoms with Gasteiger partial charge in [-0.3, -0.25) is 0 Å². The number of carbonyl (C=O) groups excluding carboxylic acids is 1. The van der Waals surface area contributed by atoms with Crippen LogP contribution in [-0.2, 0) is 9.53 Å². The minimum Gasteiger partial charge on any atom is -0.460 e. The van der Waals surface area contributed by atoms with E-state index in [1.54, 1.807) is 0 Å². The molecule has 0 aromatic heterocycles. The number of hydrogen-bond donors (Lipinski definition) is 0. The third kappa shape index (κ3) is 1.72. The largest absolute Gasteiger partial charge is 0.475 e. The van der Waals surface area contributed by atoms with Crippen molar-refractivity contribution in [2.24, 2.45) is 0 Å². The Morgan fingerprint density at radius 3 is 2.56 bits per heavy atom. The summed E-state index contributed by atoms with van der Waals surface area (Å²) in [6.07, 6.45) is 0. The van der Waals surface area contributed by atoms with Gasteiger partial charge in [-0.1, -0.05) is 0 Å². The lowest BCUT2D eigenvalue weighted by atomic mass is 10.4. The van der Waals surface area contributed by atoms with E-state index in [0.717, 1.165) is 7.11 Å². The molecule has 0 aromatic rings. The Hall–Kier alpha value is -1.66. The van der Waals surface area contributed by atoms with Gasteiger partial charge in [-0.05, 0) is 0 Å². The quantitative estimate of drug-likeness (QED) is 0.202. The van der Waals surface area contributed by atoms with Crippen LogP contribution < -0.4 is 0 Å². The van der Waals surface area contributed by atoms with Gasteiger partial charge in [0.25, 0.3) is 0 Å². The molecule has 0 spiro atoms. The van der Waals surface area contributed by atoms with Crippen molar-refractivity contribution >= 4 is 11.7 Å². The highest BCUT2D eigenvalue weighted by atomic mass is 16.5. The molecule has 0 unspecified atom stereocenters. The first-order chi connectivity index (χ1) is 4.26. The van der Waals surface area contributed by atoms with Gasteiger partial charge in [-0.15, -0.1) is 4.79 Å². The molecular formula is C4H3N3O2. The summed E-state index contributed by atoms with van der Waals surface area (Å²) in [5.41, 5.74) is 7.24. The van der Waals surface area contributed by atoms with Crippen molar-refractivity contribution in [1.82, 2.24) is 0 Å². The fourth-order valence-corrected chi connectivity index (χ4v) is 0.206. The van der Waals surface area contributed by atoms with Crippen LogP contribution in [0.4, 0.5) is 0 Å². The molecule has 0 amide bonds. The highest BCUT2D eigenvalue weighted by Crippen LogP contribution is 1.73. The summed E-state index contributed by atoms with van der Waals surface area (Å²) in [6, 6.07) is 1.33. The van der Waals surface area contributed by atoms with Crippen LogP contribution in [0.15, 0.2) is 0 Å². The lowest BCUT2D eigenvalue weighted by Crippen LogP contribution is -2.14. The lowest BCUT2D eigenvalue weighted by molar-refractivity contribution is -0.137. The van der Waals surface area contributed by atoms with E-state index >= 15 is 0 Å². The van der Waals surface area contributed by atoms with E-state index in [-0.39, 0.29) is 0 Å². The van der Waals surface area contributed by atoms with Crippen molar-refractivity contribution in [3.05, 3.63) is 5.53 Å². The fraction of sp³-hybridized carbons (Fsp3) is 0.250. The first-order valence-electron chi connectivity index (χ1n) is 1.96. The van der Waals surface area contributed by atoms with Crippen LogP contribution in [0.3, 0.4) is 0 Å². The number of nitrogens with zero attached hydrogens (tertiary/aromatic N) is 3. The number of ether oxygens (including phenoxy) is 1. The predicted molar refractivity (Wildman–Crippen MR) is 26.3 cm³/mol. The molecule has 46 valence electrons. The molecule has 0 rings (SSSR count). The molecule has 0 aliphatic carbocycles. The van der Waals surface area contributed by atoms with Gasteiger partial charge in [0.05, 0.1) is 7.11 Å². The monoisotopic (exact) mass is 125 g/mol. The predicted octanol–water partition coefficient (Wildman–Crippen LogP) is -0.646. The van der Waals surface area contributed by atoms with E-state index in [4.69, 9.17) is 10.8 Å². The van der Waals surface area contributed by atoms with Crippen molar-refractivity contribution in [2.75, 3.05) is 7.11 Å². The van der Waals surface area contributed by atoms with E-state index in [2.05, 4.69) is 9.53 Å². The molecule has 0 bridgehead atoms. The summed E-state index contributed by atoms with van der Waals surface area (Å²) in [6.45, 7) is 0. The molecule has 0 aromatic carbocycles. The van der Waals surface area contributed by atoms with Crippen LogP contribution in [0, 0.1) is 11.3 Å². The third-order valence-corrected chi connectivity index (χ3v) is 0.585. The van der Waals surface area contributed by atoms with E-state index in [1.807, 2.05) is 0 Å². The molecule has 0 N–H and O–H groups in total. The molecule has 0 aliphatic rings. The number of rotatable bonds is 1. The van der Waals surface area contributed by atoms with Gasteiger partial charge < -0.3 is 10.3 Å². The second-order valence-corrected chi connectivity index (χ2v) is 1.05. The van der Waals surface area contributed by atoms with Crippen molar-refractivity contribution in [3.63, 3.8) is 0 Å². The summed E-state index contributed by atoms with van der Waals surface area (Å²) in [5, 5.41) is 7.99. The van der Waals surface area contributed by atoms with E-state index < -0.39 is 11.7 Å². The Kier molecular flexibility index (Phi) is 2.74. The zero-order valence-corrected chi connectivity index (χ0v) is 4.66. The van der Waals surface area contributed by atoms with Crippen molar-refractivity contribution in [3.8, 4) is 6.07 Å². The second kappa shape index (κ2) is 3.36. The number of esters is 1. The Labute approximate surface area is 51.1 Å². The molecular weight excluding hydrogens is 122 g/mol. The van der Waals surface area contributed by atoms with Crippen molar-refractivity contribution in [2.45, 2.75) is 0 Å². The van der Waals surface area contributed by atoms with Crippen molar-refractivity contribution in [1.29, 1.82) is 5.26 Å². The highest BCUT2D eigenvalue weighted by molar-refractivity contribution is 6.40. The molecule has 9 heavy (non-hydrogen) atoms. The van der Waals surface area contributed by atoms with Crippen LogP contribution in [0.1, 0.15) is 0 Å². The Morgan fingerprint density at radius 2 is 2.44 bits per heavy atom. The molecule has 0 atom stereocenters. The second-order valence-electron chi connectivity index (χ2n) is 1.05. The molecule has 0 saturated carbocycles. The maximum Gasteiger partial charge on any atom is 0.475 e. The number of methoxy groups -OCH3 is 1. The summed E-state index contributed by atoms with van der Waals surface area (Å²) >= 11 is 0. The van der Waals surface area contributed by atoms with Gasteiger partial charge in [0.15, 0.2) is 6.07 Å². The van der Waals surface area contributed by atoms with Crippen molar-refractivity contribution < 1.29 is 14.3 Å². The van der Waals surface area contributed by atoms with Crippen LogP contribution in [0.25, 0.3) is 5.53 Å². The highest BCUT2D eigenvalue weighted by Gasteiger charge is 2.18. The first-order valence-corrected chi connectivity index (χ1v) is 1.96. The summed E-state index contributed by atoms with van der Waals surface area (Å²) in [4.78, 5) is 12.6. The minimum atomic E-state index is -0.944. The SMILES string of the molecule is COC(=O)C(C#N)=[N+]=[N-]. The minimum absolute atomic E-state index is 0.655. The van der Waals surface area contributed by atoms with Gasteiger partial charge in [0.2, 0.25) is 0 Å². The fourth-order valence-electron chi connectivity index (χ4n) is 0.206. The number of nitriles is 1. The zero-order valence-electron chi connectivity index (χ0n) is 4.66. The summed E-state index contributed by atoms with van der Waals surface area (Å²) in [5.74, 6) is -0.944. The van der Waals surface area contributed by atoms with Crippen LogP contribution in [0.5, 0.6) is 0 Å². The maximum atomic E-state index is 10.2. The standard InChI is InChI=1S/C4H3N3O2/c1-9-4(8)3(2-5)7-6/h1H3. The van der Waals surface area contributed by atoms with Gasteiger partial charge in [0.1, 0.15) is 0 Å². The van der Waals surface area contributed by atoms with Gasteiger partial charge in [-0.25, -0.2) is 4.79 Å². The Morgan fingerprint density at radius 1 is 1.89 bits per heavy atom. The van der Waals surface area contributed by atoms with E-state index in [9.17, 15) is 4.79 Å². The third-order valence-electron chi connectivity index (χ3n) is 0.585. The van der Waals surface area contributed by atoms with Gasteiger partial charge in [-0.2, -0.15) is 5.26 Å². The summed E-state index contributed by atoms with van der Waals surface area (Å²) in [7, 11) is 1.09. The summed E-state index contributed by atoms with van der Waals surface area (Å²) < 4.78 is 4.04. The average molecular weight is 125 g/mol. The maximum absolute atomic E-state index is 10.2. The van der Waals surface area contributed by atoms with Crippen LogP contribution in [-0.4, -0.2) is 23.6 Å². The Bertz CT molecular complexity index is 208. The molecule has 0 fully saturated rings. The first kappa shape index (κ1) is 7.34.